The summed E-state index contributed by atoms with van der Waals surface area (Å²) in [6, 6.07) is 12.0. The molecule has 3 rings (SSSR count). The number of aromatic nitrogens is 2. The average Bonchev–Trinajstić information content (AvgIpc) is 2.81. The predicted octanol–water partition coefficient (Wildman–Crippen LogP) is 3.66. The van der Waals surface area contributed by atoms with Crippen LogP contribution < -0.4 is 5.32 Å². The second-order valence-electron chi connectivity index (χ2n) is 4.12. The molecule has 0 saturated heterocycles. The number of nitrogens with zero attached hydrogens (tertiary/aromatic N) is 2. The first-order chi connectivity index (χ1) is 8.79. The first-order valence-electron chi connectivity index (χ1n) is 5.80. The van der Waals surface area contributed by atoms with Gasteiger partial charge in [-0.05, 0) is 13.0 Å². The lowest BCUT2D eigenvalue weighted by molar-refractivity contribution is 0.443. The van der Waals surface area contributed by atoms with Crippen LogP contribution in [0.2, 0.25) is 0 Å². The second-order valence-corrected chi connectivity index (χ2v) is 4.12. The van der Waals surface area contributed by atoms with Crippen molar-refractivity contribution in [3.8, 4) is 11.3 Å². The summed E-state index contributed by atoms with van der Waals surface area (Å²) in [5.74, 6) is 0. The van der Waals surface area contributed by atoms with Crippen molar-refractivity contribution in [2.45, 2.75) is 6.92 Å². The molecule has 19 heavy (non-hydrogen) atoms. The van der Waals surface area contributed by atoms with Gasteiger partial charge in [0.25, 0.3) is 5.71 Å². The van der Waals surface area contributed by atoms with Crippen molar-refractivity contribution in [2.75, 3.05) is 12.4 Å². The number of aryl methyl sites for hydroxylation is 1. The molecule has 0 aliphatic carbocycles. The van der Waals surface area contributed by atoms with Crippen LogP contribution >= 0.6 is 12.4 Å². The standard InChI is InChI=1S/C14H13N3O.ClH/c1-9-13-12(15-2)8-11(16-14(13)18-17-9)10-6-4-3-5-7-10;/h3-8H,1-2H3,(H,15,16);1H. The van der Waals surface area contributed by atoms with Crippen molar-refractivity contribution >= 4 is 29.2 Å². The highest BCUT2D eigenvalue weighted by Gasteiger charge is 2.13. The molecule has 3 aromatic rings. The average molecular weight is 276 g/mol. The Bertz CT molecular complexity index is 694. The summed E-state index contributed by atoms with van der Waals surface area (Å²) in [7, 11) is 1.88. The first-order valence-corrected chi connectivity index (χ1v) is 5.80. The number of halogens is 1. The SMILES string of the molecule is CNc1cc(-c2ccccc2)nc2onc(C)c12.Cl. The van der Waals surface area contributed by atoms with Gasteiger partial charge in [-0.2, -0.15) is 0 Å². The van der Waals surface area contributed by atoms with E-state index in [4.69, 9.17) is 4.52 Å². The van der Waals surface area contributed by atoms with Crippen LogP contribution in [-0.4, -0.2) is 17.2 Å². The molecule has 4 nitrogen and oxygen atoms in total. The van der Waals surface area contributed by atoms with Crippen molar-refractivity contribution in [3.05, 3.63) is 42.1 Å². The van der Waals surface area contributed by atoms with Crippen molar-refractivity contribution in [2.24, 2.45) is 0 Å². The van der Waals surface area contributed by atoms with E-state index in [-0.39, 0.29) is 12.4 Å². The highest BCUT2D eigenvalue weighted by molar-refractivity contribution is 5.92. The van der Waals surface area contributed by atoms with E-state index < -0.39 is 0 Å². The van der Waals surface area contributed by atoms with E-state index >= 15 is 0 Å². The van der Waals surface area contributed by atoms with E-state index in [0.717, 1.165) is 28.0 Å². The van der Waals surface area contributed by atoms with Crippen LogP contribution in [-0.2, 0) is 0 Å². The van der Waals surface area contributed by atoms with E-state index in [1.807, 2.05) is 50.4 Å². The predicted molar refractivity (Wildman–Crippen MR) is 78.8 cm³/mol. The molecule has 0 aliphatic heterocycles. The van der Waals surface area contributed by atoms with Gasteiger partial charge in [0.15, 0.2) is 0 Å². The van der Waals surface area contributed by atoms with Crippen molar-refractivity contribution in [3.63, 3.8) is 0 Å². The molecule has 98 valence electrons. The fourth-order valence-electron chi connectivity index (χ4n) is 2.05. The lowest BCUT2D eigenvalue weighted by Crippen LogP contribution is -1.93. The number of anilines is 1. The maximum atomic E-state index is 5.25. The van der Waals surface area contributed by atoms with Crippen molar-refractivity contribution < 1.29 is 4.52 Å². The van der Waals surface area contributed by atoms with Gasteiger partial charge in [-0.3, -0.25) is 0 Å². The Morgan fingerprint density at radius 2 is 1.89 bits per heavy atom. The van der Waals surface area contributed by atoms with Gasteiger partial charge in [-0.25, -0.2) is 4.98 Å². The molecule has 1 aromatic carbocycles. The van der Waals surface area contributed by atoms with E-state index in [9.17, 15) is 0 Å². The lowest BCUT2D eigenvalue weighted by atomic mass is 10.1. The summed E-state index contributed by atoms with van der Waals surface area (Å²) in [5.41, 5.74) is 4.34. The zero-order valence-corrected chi connectivity index (χ0v) is 11.5. The number of hydrogen-bond acceptors (Lipinski definition) is 4. The molecule has 0 amide bonds. The molecule has 0 saturated carbocycles. The Balaban J connectivity index is 0.00000133. The summed E-state index contributed by atoms with van der Waals surface area (Å²) in [6.45, 7) is 1.91. The van der Waals surface area contributed by atoms with Crippen LogP contribution in [0.25, 0.3) is 22.4 Å². The molecule has 5 heteroatoms. The van der Waals surface area contributed by atoms with E-state index in [2.05, 4.69) is 15.5 Å². The molecule has 2 aromatic heterocycles. The van der Waals surface area contributed by atoms with E-state index in [1.54, 1.807) is 0 Å². The number of benzene rings is 1. The zero-order chi connectivity index (χ0) is 12.5. The molecule has 0 radical (unpaired) electrons. The molecule has 2 heterocycles. The van der Waals surface area contributed by atoms with Gasteiger partial charge < -0.3 is 9.84 Å². The summed E-state index contributed by atoms with van der Waals surface area (Å²) in [4.78, 5) is 4.51. The number of nitrogens with one attached hydrogen (secondary N) is 1. The molecule has 0 spiro atoms. The first kappa shape index (κ1) is 13.4. The molecule has 1 N–H and O–H groups in total. The Hall–Kier alpha value is -2.07. The molecule has 0 fully saturated rings. The third-order valence-electron chi connectivity index (χ3n) is 2.96. The minimum absolute atomic E-state index is 0. The minimum atomic E-state index is 0. The summed E-state index contributed by atoms with van der Waals surface area (Å²) in [6.07, 6.45) is 0. The lowest BCUT2D eigenvalue weighted by Gasteiger charge is -2.05. The number of fused-ring (bicyclic) bond motifs is 1. The molecule has 0 atom stereocenters. The third kappa shape index (κ3) is 2.27. The maximum Gasteiger partial charge on any atom is 0.260 e. The highest BCUT2D eigenvalue weighted by atomic mass is 35.5. The van der Waals surface area contributed by atoms with Crippen LogP contribution in [0, 0.1) is 6.92 Å². The van der Waals surface area contributed by atoms with Crippen molar-refractivity contribution in [1.29, 1.82) is 0 Å². The van der Waals surface area contributed by atoms with Crippen LogP contribution in [0.5, 0.6) is 0 Å². The second kappa shape index (κ2) is 5.28. The normalized spacial score (nSPS) is 10.2. The van der Waals surface area contributed by atoms with Crippen LogP contribution in [0.4, 0.5) is 5.69 Å². The Morgan fingerprint density at radius 1 is 1.16 bits per heavy atom. The smallest absolute Gasteiger partial charge is 0.260 e. The molecular weight excluding hydrogens is 262 g/mol. The number of pyridine rings is 1. The maximum absolute atomic E-state index is 5.25. The largest absolute Gasteiger partial charge is 0.387 e. The van der Waals surface area contributed by atoms with Crippen molar-refractivity contribution in [1.82, 2.24) is 10.1 Å². The number of hydrogen-bond donors (Lipinski definition) is 1. The molecule has 0 unspecified atom stereocenters. The summed E-state index contributed by atoms with van der Waals surface area (Å²) < 4.78 is 5.25. The number of rotatable bonds is 2. The van der Waals surface area contributed by atoms with Crippen LogP contribution in [0.1, 0.15) is 5.69 Å². The van der Waals surface area contributed by atoms with Gasteiger partial charge >= 0.3 is 0 Å². The van der Waals surface area contributed by atoms with E-state index in [0.29, 0.717) is 5.71 Å². The van der Waals surface area contributed by atoms with Gasteiger partial charge in [0.2, 0.25) is 0 Å². The zero-order valence-electron chi connectivity index (χ0n) is 10.7. The van der Waals surface area contributed by atoms with Gasteiger partial charge in [-0.15, -0.1) is 12.4 Å². The molecule has 0 bridgehead atoms. The van der Waals surface area contributed by atoms with Gasteiger partial charge in [-0.1, -0.05) is 35.5 Å². The fraction of sp³-hybridized carbons (Fsp3) is 0.143. The quantitative estimate of drug-likeness (QED) is 0.775. The fourth-order valence-corrected chi connectivity index (χ4v) is 2.05. The van der Waals surface area contributed by atoms with Gasteiger partial charge in [0.05, 0.1) is 22.5 Å². The summed E-state index contributed by atoms with van der Waals surface area (Å²) >= 11 is 0. The topological polar surface area (TPSA) is 51.0 Å². The molecule has 0 aliphatic rings. The highest BCUT2D eigenvalue weighted by Crippen LogP contribution is 2.29. The monoisotopic (exact) mass is 275 g/mol. The third-order valence-corrected chi connectivity index (χ3v) is 2.96. The molecular formula is C14H14ClN3O. The Kier molecular flexibility index (Phi) is 3.71. The van der Waals surface area contributed by atoms with Crippen LogP contribution in [0.15, 0.2) is 40.9 Å². The van der Waals surface area contributed by atoms with Gasteiger partial charge in [0, 0.05) is 12.6 Å². The minimum Gasteiger partial charge on any atom is -0.387 e. The summed E-state index contributed by atoms with van der Waals surface area (Å²) in [5, 5.41) is 8.07. The Morgan fingerprint density at radius 3 is 2.58 bits per heavy atom. The van der Waals surface area contributed by atoms with E-state index in [1.165, 1.54) is 0 Å². The van der Waals surface area contributed by atoms with Crippen LogP contribution in [0.3, 0.4) is 0 Å². The van der Waals surface area contributed by atoms with Gasteiger partial charge in [0.1, 0.15) is 0 Å². The Labute approximate surface area is 117 Å².